The monoisotopic (exact) mass is 446 g/mol. The zero-order valence-corrected chi connectivity index (χ0v) is 19.2. The van der Waals surface area contributed by atoms with E-state index in [2.05, 4.69) is 19.2 Å². The Labute approximate surface area is 184 Å². The van der Waals surface area contributed by atoms with Gasteiger partial charge in [0.1, 0.15) is 19.3 Å². The van der Waals surface area contributed by atoms with E-state index in [1.807, 2.05) is 30.3 Å². The lowest BCUT2D eigenvalue weighted by Gasteiger charge is -2.31. The van der Waals surface area contributed by atoms with Crippen molar-refractivity contribution in [2.75, 3.05) is 23.8 Å². The quantitative estimate of drug-likeness (QED) is 0.671. The molecule has 0 radical (unpaired) electrons. The van der Waals surface area contributed by atoms with Gasteiger partial charge in [-0.05, 0) is 37.0 Å². The van der Waals surface area contributed by atoms with Crippen molar-refractivity contribution in [2.24, 2.45) is 5.92 Å². The Balaban J connectivity index is 1.87. The molecule has 2 aromatic carbocycles. The van der Waals surface area contributed by atoms with Crippen LogP contribution in [0, 0.1) is 5.92 Å². The first-order valence-electron chi connectivity index (χ1n) is 10.4. The van der Waals surface area contributed by atoms with Crippen LogP contribution in [-0.4, -0.2) is 39.8 Å². The number of nitrogens with one attached hydrogen (secondary N) is 1. The first-order chi connectivity index (χ1) is 14.7. The van der Waals surface area contributed by atoms with Crippen LogP contribution in [0.25, 0.3) is 0 Å². The van der Waals surface area contributed by atoms with Gasteiger partial charge in [0.05, 0.1) is 18.0 Å². The van der Waals surface area contributed by atoms with Crippen molar-refractivity contribution in [1.29, 1.82) is 0 Å². The molecular weight excluding hydrogens is 416 g/mol. The van der Waals surface area contributed by atoms with Crippen LogP contribution in [0.5, 0.6) is 11.5 Å². The zero-order valence-electron chi connectivity index (χ0n) is 18.4. The molecule has 0 bridgehead atoms. The van der Waals surface area contributed by atoms with E-state index in [4.69, 9.17) is 9.47 Å². The molecule has 168 valence electrons. The minimum absolute atomic E-state index is 0.210. The largest absolute Gasteiger partial charge is 0.486 e. The minimum atomic E-state index is -3.74. The van der Waals surface area contributed by atoms with Crippen LogP contribution in [0.4, 0.5) is 5.69 Å². The average molecular weight is 447 g/mol. The number of rotatable bonds is 8. The van der Waals surface area contributed by atoms with E-state index in [-0.39, 0.29) is 11.9 Å². The highest BCUT2D eigenvalue weighted by molar-refractivity contribution is 7.92. The molecule has 0 saturated carbocycles. The van der Waals surface area contributed by atoms with Crippen LogP contribution >= 0.6 is 0 Å². The highest BCUT2D eigenvalue weighted by atomic mass is 32.2. The first-order valence-corrected chi connectivity index (χ1v) is 12.3. The van der Waals surface area contributed by atoms with E-state index in [1.165, 1.54) is 0 Å². The Morgan fingerprint density at radius 2 is 1.68 bits per heavy atom. The van der Waals surface area contributed by atoms with Crippen molar-refractivity contribution in [3.05, 3.63) is 54.1 Å². The lowest BCUT2D eigenvalue weighted by Crippen LogP contribution is -2.48. The minimum Gasteiger partial charge on any atom is -0.486 e. The van der Waals surface area contributed by atoms with Crippen molar-refractivity contribution in [3.63, 3.8) is 0 Å². The van der Waals surface area contributed by atoms with Crippen LogP contribution in [-0.2, 0) is 14.8 Å². The average Bonchev–Trinajstić information content (AvgIpc) is 2.72. The summed E-state index contributed by atoms with van der Waals surface area (Å²) in [5.41, 5.74) is 1.34. The SMILES string of the molecule is CC(C)C[C@H](NC(=O)[C@@H](C)N(c1ccc2c(c1)OCCO2)S(C)(=O)=O)c1ccccc1. The summed E-state index contributed by atoms with van der Waals surface area (Å²) in [4.78, 5) is 13.2. The standard InChI is InChI=1S/C23H30N2O5S/c1-16(2)14-20(18-8-6-5-7-9-18)24-23(26)17(3)25(31(4,27)28)19-10-11-21-22(15-19)30-13-12-29-21/h5-11,15-17,20H,12-14H2,1-4H3,(H,24,26)/t17-,20+/m1/s1. The van der Waals surface area contributed by atoms with Crippen LogP contribution in [0.3, 0.4) is 0 Å². The van der Waals surface area contributed by atoms with Gasteiger partial charge in [0.2, 0.25) is 15.9 Å². The predicted octanol–water partition coefficient (Wildman–Crippen LogP) is 3.52. The van der Waals surface area contributed by atoms with Crippen molar-refractivity contribution < 1.29 is 22.7 Å². The normalized spacial score (nSPS) is 15.3. The Morgan fingerprint density at radius 3 is 2.29 bits per heavy atom. The molecule has 1 heterocycles. The van der Waals surface area contributed by atoms with Gasteiger partial charge >= 0.3 is 0 Å². The summed E-state index contributed by atoms with van der Waals surface area (Å²) < 4.78 is 37.5. The number of carbonyl (C=O) groups excluding carboxylic acids is 1. The molecule has 1 aliphatic heterocycles. The molecule has 1 N–H and O–H groups in total. The molecule has 3 rings (SSSR count). The van der Waals surface area contributed by atoms with Crippen molar-refractivity contribution in [2.45, 2.75) is 39.3 Å². The molecule has 31 heavy (non-hydrogen) atoms. The number of benzene rings is 2. The van der Waals surface area contributed by atoms with Gasteiger partial charge in [-0.25, -0.2) is 8.42 Å². The van der Waals surface area contributed by atoms with Gasteiger partial charge in [0, 0.05) is 6.07 Å². The molecular formula is C23H30N2O5S. The second kappa shape index (κ2) is 9.60. The molecule has 2 atom stereocenters. The Morgan fingerprint density at radius 1 is 1.03 bits per heavy atom. The van der Waals surface area contributed by atoms with Gasteiger partial charge in [-0.3, -0.25) is 9.10 Å². The van der Waals surface area contributed by atoms with Gasteiger partial charge < -0.3 is 14.8 Å². The number of ether oxygens (including phenoxy) is 2. The summed E-state index contributed by atoms with van der Waals surface area (Å²) >= 11 is 0. The maximum atomic E-state index is 13.2. The lowest BCUT2D eigenvalue weighted by atomic mass is 9.96. The summed E-state index contributed by atoms with van der Waals surface area (Å²) in [5, 5.41) is 3.05. The number of carbonyl (C=O) groups is 1. The summed E-state index contributed by atoms with van der Waals surface area (Å²) in [7, 11) is -3.74. The second-order valence-electron chi connectivity index (χ2n) is 8.16. The molecule has 2 aromatic rings. The molecule has 1 amide bonds. The molecule has 0 saturated heterocycles. The van der Waals surface area contributed by atoms with E-state index >= 15 is 0 Å². The number of hydrogen-bond acceptors (Lipinski definition) is 5. The molecule has 0 fully saturated rings. The Kier molecular flexibility index (Phi) is 7.10. The summed E-state index contributed by atoms with van der Waals surface area (Å²) in [6.45, 7) is 6.59. The van der Waals surface area contributed by atoms with E-state index < -0.39 is 16.1 Å². The first kappa shape index (κ1) is 22.9. The maximum Gasteiger partial charge on any atom is 0.244 e. The van der Waals surface area contributed by atoms with Gasteiger partial charge in [0.15, 0.2) is 11.5 Å². The molecule has 0 aliphatic carbocycles. The summed E-state index contributed by atoms with van der Waals surface area (Å²) in [5.74, 6) is 1.01. The number of amides is 1. The van der Waals surface area contributed by atoms with Crippen LogP contribution < -0.4 is 19.1 Å². The topological polar surface area (TPSA) is 84.9 Å². The van der Waals surface area contributed by atoms with Crippen molar-refractivity contribution in [3.8, 4) is 11.5 Å². The van der Waals surface area contributed by atoms with Gasteiger partial charge in [-0.1, -0.05) is 44.2 Å². The van der Waals surface area contributed by atoms with Crippen molar-refractivity contribution in [1.82, 2.24) is 5.32 Å². The molecule has 1 aliphatic rings. The maximum absolute atomic E-state index is 13.2. The smallest absolute Gasteiger partial charge is 0.244 e. The highest BCUT2D eigenvalue weighted by Gasteiger charge is 2.31. The van der Waals surface area contributed by atoms with E-state index in [0.29, 0.717) is 36.3 Å². The summed E-state index contributed by atoms with van der Waals surface area (Å²) in [6.07, 6.45) is 1.84. The zero-order chi connectivity index (χ0) is 22.6. The van der Waals surface area contributed by atoms with Crippen LogP contribution in [0.1, 0.15) is 38.8 Å². The van der Waals surface area contributed by atoms with Crippen LogP contribution in [0.15, 0.2) is 48.5 Å². The predicted molar refractivity (Wildman–Crippen MR) is 121 cm³/mol. The fourth-order valence-electron chi connectivity index (χ4n) is 3.71. The lowest BCUT2D eigenvalue weighted by molar-refractivity contribution is -0.122. The number of nitrogens with zero attached hydrogens (tertiary/aromatic N) is 1. The third kappa shape index (κ3) is 5.70. The summed E-state index contributed by atoms with van der Waals surface area (Å²) in [6, 6.07) is 13.4. The number of sulfonamides is 1. The number of anilines is 1. The number of fused-ring (bicyclic) bond motifs is 1. The Bertz CT molecular complexity index is 1010. The van der Waals surface area contributed by atoms with Gasteiger partial charge in [-0.2, -0.15) is 0 Å². The molecule has 0 aromatic heterocycles. The van der Waals surface area contributed by atoms with E-state index in [0.717, 1.165) is 22.5 Å². The third-order valence-electron chi connectivity index (χ3n) is 5.09. The van der Waals surface area contributed by atoms with Gasteiger partial charge in [0.25, 0.3) is 0 Å². The van der Waals surface area contributed by atoms with Crippen molar-refractivity contribution >= 4 is 21.6 Å². The van der Waals surface area contributed by atoms with E-state index in [1.54, 1.807) is 25.1 Å². The fourth-order valence-corrected chi connectivity index (χ4v) is 4.87. The second-order valence-corrected chi connectivity index (χ2v) is 10.0. The van der Waals surface area contributed by atoms with E-state index in [9.17, 15) is 13.2 Å². The third-order valence-corrected chi connectivity index (χ3v) is 6.34. The van der Waals surface area contributed by atoms with Crippen LogP contribution in [0.2, 0.25) is 0 Å². The molecule has 0 spiro atoms. The highest BCUT2D eigenvalue weighted by Crippen LogP contribution is 2.35. The molecule has 8 heteroatoms. The molecule has 0 unspecified atom stereocenters. The number of hydrogen-bond donors (Lipinski definition) is 1. The molecule has 7 nitrogen and oxygen atoms in total. The van der Waals surface area contributed by atoms with Gasteiger partial charge in [-0.15, -0.1) is 0 Å². The Hall–Kier alpha value is -2.74. The fraction of sp³-hybridized carbons (Fsp3) is 0.435.